The first kappa shape index (κ1) is 16.5. The minimum Gasteiger partial charge on any atom is -0.366 e. The predicted octanol–water partition coefficient (Wildman–Crippen LogP) is 3.53. The van der Waals surface area contributed by atoms with Crippen molar-refractivity contribution in [3.05, 3.63) is 34.9 Å². The van der Waals surface area contributed by atoms with E-state index < -0.39 is 24.7 Å². The molecular formula is C10H11ClF3O4P. The van der Waals surface area contributed by atoms with Gasteiger partial charge in [0.1, 0.15) is 0 Å². The zero-order valence-corrected chi connectivity index (χ0v) is 11.6. The highest BCUT2D eigenvalue weighted by atomic mass is 35.5. The van der Waals surface area contributed by atoms with Crippen LogP contribution in [0.2, 0.25) is 5.02 Å². The fourth-order valence-electron chi connectivity index (χ4n) is 1.50. The normalized spacial score (nSPS) is 16.2. The number of hydrogen-bond donors (Lipinski definition) is 1. The maximum absolute atomic E-state index is 13.1. The molecule has 0 bridgehead atoms. The smallest absolute Gasteiger partial charge is 0.366 e. The van der Waals surface area contributed by atoms with E-state index >= 15 is 0 Å². The van der Waals surface area contributed by atoms with E-state index in [1.807, 2.05) is 0 Å². The van der Waals surface area contributed by atoms with Gasteiger partial charge in [-0.2, -0.15) is 13.2 Å². The summed E-state index contributed by atoms with van der Waals surface area (Å²) in [5.41, 5.74) is -0.684. The fraction of sp³-hybridized carbons (Fsp3) is 0.400. The van der Waals surface area contributed by atoms with Crippen LogP contribution in [-0.4, -0.2) is 25.5 Å². The first-order valence-electron chi connectivity index (χ1n) is 4.89. The Balaban J connectivity index is 3.54. The standard InChI is InChI=1S/C10H11ClF3O4P/c1-17-19(16,18-2)9(15,10(12,13)14)7-3-5-8(11)6-4-7/h3-6,15H,1-2H3. The second kappa shape index (κ2) is 5.42. The molecule has 108 valence electrons. The van der Waals surface area contributed by atoms with Gasteiger partial charge in [-0.25, -0.2) is 0 Å². The number of benzene rings is 1. The van der Waals surface area contributed by atoms with Gasteiger partial charge in [0.05, 0.1) is 0 Å². The molecule has 0 aliphatic heterocycles. The lowest BCUT2D eigenvalue weighted by molar-refractivity contribution is -0.236. The highest BCUT2D eigenvalue weighted by Crippen LogP contribution is 2.68. The summed E-state index contributed by atoms with van der Waals surface area (Å²) in [5, 5.41) is 6.34. The largest absolute Gasteiger partial charge is 0.433 e. The molecule has 1 aromatic rings. The summed E-state index contributed by atoms with van der Waals surface area (Å²) in [5.74, 6) is 0. The summed E-state index contributed by atoms with van der Waals surface area (Å²) in [6, 6.07) is 4.06. The van der Waals surface area contributed by atoms with E-state index in [2.05, 4.69) is 9.05 Å². The van der Waals surface area contributed by atoms with Crippen molar-refractivity contribution in [3.63, 3.8) is 0 Å². The molecule has 1 N–H and O–H groups in total. The molecule has 0 radical (unpaired) electrons. The first-order chi connectivity index (χ1) is 8.62. The second-order valence-corrected chi connectivity index (χ2v) is 6.35. The molecule has 4 nitrogen and oxygen atoms in total. The molecule has 1 aromatic carbocycles. The minimum atomic E-state index is -5.26. The molecule has 0 fully saturated rings. The molecule has 1 unspecified atom stereocenters. The van der Waals surface area contributed by atoms with Crippen LogP contribution in [0.4, 0.5) is 13.2 Å². The highest BCUT2D eigenvalue weighted by molar-refractivity contribution is 7.55. The Labute approximate surface area is 112 Å². The van der Waals surface area contributed by atoms with Crippen LogP contribution in [0.3, 0.4) is 0 Å². The third kappa shape index (κ3) is 2.66. The average molecular weight is 319 g/mol. The van der Waals surface area contributed by atoms with E-state index in [-0.39, 0.29) is 5.02 Å². The van der Waals surface area contributed by atoms with E-state index in [4.69, 9.17) is 11.6 Å². The van der Waals surface area contributed by atoms with Crippen LogP contribution >= 0.6 is 19.2 Å². The Hall–Kier alpha value is -0.590. The Bertz CT molecular complexity index is 483. The number of alkyl halides is 3. The van der Waals surface area contributed by atoms with Gasteiger partial charge in [-0.1, -0.05) is 23.7 Å². The SMILES string of the molecule is COP(=O)(OC)C(O)(c1ccc(Cl)cc1)C(F)(F)F. The van der Waals surface area contributed by atoms with E-state index in [1.54, 1.807) is 0 Å². The minimum absolute atomic E-state index is 0.165. The molecule has 0 aliphatic carbocycles. The van der Waals surface area contributed by atoms with Gasteiger partial charge in [-0.3, -0.25) is 4.57 Å². The molecule has 19 heavy (non-hydrogen) atoms. The molecular weight excluding hydrogens is 308 g/mol. The molecule has 0 saturated heterocycles. The van der Waals surface area contributed by atoms with E-state index in [1.165, 1.54) is 0 Å². The fourth-order valence-corrected chi connectivity index (χ4v) is 3.08. The summed E-state index contributed by atoms with van der Waals surface area (Å²) in [4.78, 5) is 0. The van der Waals surface area contributed by atoms with Crippen molar-refractivity contribution >= 4 is 19.2 Å². The van der Waals surface area contributed by atoms with Crippen molar-refractivity contribution in [2.24, 2.45) is 0 Å². The van der Waals surface area contributed by atoms with Crippen LogP contribution in [-0.2, 0) is 19.0 Å². The first-order valence-corrected chi connectivity index (χ1v) is 6.81. The van der Waals surface area contributed by atoms with Gasteiger partial charge in [0.25, 0.3) is 5.34 Å². The van der Waals surface area contributed by atoms with E-state index in [0.717, 1.165) is 38.5 Å². The summed E-state index contributed by atoms with van der Waals surface area (Å²) < 4.78 is 60.1. The maximum Gasteiger partial charge on any atom is 0.433 e. The van der Waals surface area contributed by atoms with Crippen LogP contribution in [0.25, 0.3) is 0 Å². The number of aliphatic hydroxyl groups is 1. The van der Waals surface area contributed by atoms with Crippen molar-refractivity contribution in [3.8, 4) is 0 Å². The van der Waals surface area contributed by atoms with Gasteiger partial charge in [0.2, 0.25) is 0 Å². The van der Waals surface area contributed by atoms with Crippen molar-refractivity contribution in [2.75, 3.05) is 14.2 Å². The Morgan fingerprint density at radius 2 is 1.58 bits per heavy atom. The number of hydrogen-bond acceptors (Lipinski definition) is 4. The molecule has 0 heterocycles. The van der Waals surface area contributed by atoms with Gasteiger partial charge >= 0.3 is 13.8 Å². The lowest BCUT2D eigenvalue weighted by Gasteiger charge is -2.34. The Kier molecular flexibility index (Phi) is 4.70. The summed E-state index contributed by atoms with van der Waals surface area (Å²) in [7, 11) is -3.35. The zero-order valence-electron chi connectivity index (χ0n) is 9.94. The van der Waals surface area contributed by atoms with Gasteiger partial charge < -0.3 is 14.2 Å². The number of rotatable bonds is 4. The second-order valence-electron chi connectivity index (χ2n) is 3.54. The molecule has 0 spiro atoms. The molecule has 1 rings (SSSR count). The van der Waals surface area contributed by atoms with Crippen LogP contribution in [0.5, 0.6) is 0 Å². The molecule has 0 aromatic heterocycles. The van der Waals surface area contributed by atoms with E-state index in [9.17, 15) is 22.8 Å². The van der Waals surface area contributed by atoms with Gasteiger partial charge in [0.15, 0.2) is 0 Å². The van der Waals surface area contributed by atoms with Crippen molar-refractivity contribution in [1.29, 1.82) is 0 Å². The van der Waals surface area contributed by atoms with Crippen molar-refractivity contribution < 1.29 is 31.9 Å². The summed E-state index contributed by atoms with van der Waals surface area (Å²) >= 11 is 5.56. The van der Waals surface area contributed by atoms with Gasteiger partial charge in [-0.15, -0.1) is 0 Å². The zero-order chi connectivity index (χ0) is 14.9. The van der Waals surface area contributed by atoms with Crippen molar-refractivity contribution in [1.82, 2.24) is 0 Å². The molecule has 0 saturated carbocycles. The van der Waals surface area contributed by atoms with Gasteiger partial charge in [-0.05, 0) is 12.1 Å². The summed E-state index contributed by atoms with van der Waals surface area (Å²) in [6.45, 7) is 0. The Morgan fingerprint density at radius 3 is 1.89 bits per heavy atom. The van der Waals surface area contributed by atoms with Crippen LogP contribution in [0.1, 0.15) is 5.56 Å². The lowest BCUT2D eigenvalue weighted by atomic mass is 10.1. The monoisotopic (exact) mass is 318 g/mol. The van der Waals surface area contributed by atoms with Gasteiger partial charge in [0, 0.05) is 24.8 Å². The quantitative estimate of drug-likeness (QED) is 0.863. The van der Waals surface area contributed by atoms with Crippen molar-refractivity contribution in [2.45, 2.75) is 11.5 Å². The third-order valence-corrected chi connectivity index (χ3v) is 5.04. The molecule has 1 atom stereocenters. The van der Waals surface area contributed by atoms with Crippen LogP contribution in [0.15, 0.2) is 24.3 Å². The predicted molar refractivity (Wildman–Crippen MR) is 63.0 cm³/mol. The third-order valence-electron chi connectivity index (χ3n) is 2.52. The van der Waals surface area contributed by atoms with Crippen LogP contribution in [0, 0.1) is 0 Å². The summed E-state index contributed by atoms with van der Waals surface area (Å²) in [6.07, 6.45) is -5.26. The lowest BCUT2D eigenvalue weighted by Crippen LogP contribution is -2.42. The molecule has 0 aliphatic rings. The maximum atomic E-state index is 13.1. The van der Waals surface area contributed by atoms with E-state index in [0.29, 0.717) is 0 Å². The topological polar surface area (TPSA) is 55.8 Å². The molecule has 0 amide bonds. The molecule has 9 heteroatoms. The average Bonchev–Trinajstić information content (AvgIpc) is 2.36. The van der Waals surface area contributed by atoms with Crippen LogP contribution < -0.4 is 0 Å². The highest BCUT2D eigenvalue weighted by Gasteiger charge is 2.68. The Morgan fingerprint density at radius 1 is 1.16 bits per heavy atom. The number of halogens is 4.